The summed E-state index contributed by atoms with van der Waals surface area (Å²) in [6, 6.07) is 6.56. The van der Waals surface area contributed by atoms with Crippen LogP contribution in [0.5, 0.6) is 0 Å². The molecule has 0 spiro atoms. The normalized spacial score (nSPS) is 15.7. The quantitative estimate of drug-likeness (QED) is 0.432. The fourth-order valence-corrected chi connectivity index (χ4v) is 5.33. The topological polar surface area (TPSA) is 89.7 Å². The molecule has 178 valence electrons. The number of nitrogens with zero attached hydrogens (tertiary/aromatic N) is 5. The van der Waals surface area contributed by atoms with Gasteiger partial charge in [0.2, 0.25) is 11.1 Å². The lowest BCUT2D eigenvalue weighted by molar-refractivity contribution is 0.546. The monoisotopic (exact) mass is 497 g/mol. The fourth-order valence-electron chi connectivity index (χ4n) is 4.28. The smallest absolute Gasteiger partial charge is 0.278 e. The zero-order valence-electron chi connectivity index (χ0n) is 19.5. The molecule has 0 unspecified atom stereocenters. The summed E-state index contributed by atoms with van der Waals surface area (Å²) in [6.07, 6.45) is 4.64. The fraction of sp³-hybridized carbons (Fsp3) is 0.417. The highest BCUT2D eigenvalue weighted by Gasteiger charge is 2.32. The summed E-state index contributed by atoms with van der Waals surface area (Å²) in [7, 11) is 0. The molecule has 8 nitrogen and oxygen atoms in total. The summed E-state index contributed by atoms with van der Waals surface area (Å²) in [6.45, 7) is 8.33. The van der Waals surface area contributed by atoms with Crippen LogP contribution in [0.25, 0.3) is 16.2 Å². The third-order valence-corrected chi connectivity index (χ3v) is 7.12. The van der Waals surface area contributed by atoms with Gasteiger partial charge in [-0.3, -0.25) is 4.79 Å². The summed E-state index contributed by atoms with van der Waals surface area (Å²) in [5, 5.41) is 10.1. The molecule has 1 aliphatic carbocycles. The maximum Gasteiger partial charge on any atom is 0.278 e. The molecule has 0 bridgehead atoms. The first kappa shape index (κ1) is 23.0. The molecule has 0 saturated heterocycles. The lowest BCUT2D eigenvalue weighted by Gasteiger charge is -2.18. The first-order valence-electron chi connectivity index (χ1n) is 11.4. The van der Waals surface area contributed by atoms with Crippen molar-refractivity contribution in [2.75, 3.05) is 11.9 Å². The third-order valence-electron chi connectivity index (χ3n) is 6.31. The maximum atomic E-state index is 13.3. The van der Waals surface area contributed by atoms with E-state index in [4.69, 9.17) is 9.97 Å². The molecular weight excluding hydrogens is 470 g/mol. The third kappa shape index (κ3) is 4.01. The average molecular weight is 498 g/mol. The van der Waals surface area contributed by atoms with E-state index in [0.717, 1.165) is 48.9 Å². The molecule has 1 aliphatic heterocycles. The molecule has 1 saturated carbocycles. The van der Waals surface area contributed by atoms with Crippen LogP contribution in [0, 0.1) is 0 Å². The average Bonchev–Trinajstić information content (AvgIpc) is 3.42. The Morgan fingerprint density at radius 2 is 2.00 bits per heavy atom. The molecule has 0 atom stereocenters. The van der Waals surface area contributed by atoms with E-state index in [1.54, 1.807) is 17.5 Å². The number of halogens is 1. The molecule has 6 rings (SSSR count). The van der Waals surface area contributed by atoms with Crippen molar-refractivity contribution < 1.29 is 0 Å². The number of hydrogen-bond donors (Lipinski definition) is 2. The Hall–Kier alpha value is -2.75. The molecule has 10 heteroatoms. The van der Waals surface area contributed by atoms with E-state index in [1.807, 2.05) is 9.36 Å². The van der Waals surface area contributed by atoms with E-state index in [0.29, 0.717) is 17.0 Å². The Bertz CT molecular complexity index is 1430. The molecular formula is C24H28ClN7OS. The van der Waals surface area contributed by atoms with Crippen LogP contribution in [0.2, 0.25) is 0 Å². The zero-order valence-corrected chi connectivity index (χ0v) is 21.1. The van der Waals surface area contributed by atoms with E-state index < -0.39 is 0 Å². The molecule has 2 aliphatic rings. The molecule has 0 amide bonds. The van der Waals surface area contributed by atoms with E-state index >= 15 is 0 Å². The Balaban J connectivity index is 0.00000241. The van der Waals surface area contributed by atoms with Crippen LogP contribution in [0.15, 0.2) is 34.6 Å². The minimum absolute atomic E-state index is 0. The molecule has 4 aromatic rings. The molecule has 3 aromatic heterocycles. The predicted molar refractivity (Wildman–Crippen MR) is 138 cm³/mol. The first-order valence-corrected chi connectivity index (χ1v) is 12.3. The van der Waals surface area contributed by atoms with Gasteiger partial charge in [0.15, 0.2) is 5.65 Å². The first-order chi connectivity index (χ1) is 15.9. The zero-order chi connectivity index (χ0) is 22.7. The van der Waals surface area contributed by atoms with E-state index in [2.05, 4.69) is 60.0 Å². The van der Waals surface area contributed by atoms with Crippen LogP contribution in [0.1, 0.15) is 56.5 Å². The van der Waals surface area contributed by atoms with Gasteiger partial charge in [0.05, 0.1) is 11.7 Å². The SMILES string of the molecule is CC(C)(C)c1csc(-n2c3nc(Nc4ccc5c(c4)CCNC5)ncc3c(=O)n2C2CC2)n1.Cl. The van der Waals surface area contributed by atoms with Gasteiger partial charge in [0.25, 0.3) is 5.56 Å². The summed E-state index contributed by atoms with van der Waals surface area (Å²) in [4.78, 5) is 27.4. The molecule has 1 aromatic carbocycles. The van der Waals surface area contributed by atoms with Gasteiger partial charge in [-0.25, -0.2) is 19.3 Å². The molecule has 1 fully saturated rings. The standard InChI is InChI=1S/C24H27N7OS.ClH/c1-24(2,3)19-13-33-23(28-19)31-20-18(21(32)30(31)17-6-7-17)12-26-22(29-20)27-16-5-4-15-11-25-9-8-14(15)10-16;/h4-5,10,12-13,17,25H,6-9,11H2,1-3H3,(H,26,27,29);1H. The molecule has 2 N–H and O–H groups in total. The number of rotatable bonds is 4. The highest BCUT2D eigenvalue weighted by atomic mass is 35.5. The number of aromatic nitrogens is 5. The van der Waals surface area contributed by atoms with Gasteiger partial charge in [-0.05, 0) is 49.1 Å². The minimum Gasteiger partial charge on any atom is -0.324 e. The second-order valence-electron chi connectivity index (χ2n) is 9.92. The number of thiazole rings is 1. The second-order valence-corrected chi connectivity index (χ2v) is 10.8. The van der Waals surface area contributed by atoms with E-state index in [-0.39, 0.29) is 29.4 Å². The number of hydrogen-bond acceptors (Lipinski definition) is 7. The van der Waals surface area contributed by atoms with Crippen molar-refractivity contribution in [3.8, 4) is 5.13 Å². The van der Waals surface area contributed by atoms with Crippen LogP contribution >= 0.6 is 23.7 Å². The van der Waals surface area contributed by atoms with E-state index in [1.165, 1.54) is 11.1 Å². The van der Waals surface area contributed by atoms with Crippen LogP contribution in [-0.2, 0) is 18.4 Å². The van der Waals surface area contributed by atoms with Crippen LogP contribution in [-0.4, -0.2) is 30.9 Å². The summed E-state index contributed by atoms with van der Waals surface area (Å²) >= 11 is 1.55. The number of benzene rings is 1. The van der Waals surface area contributed by atoms with Gasteiger partial charge in [-0.2, -0.15) is 4.98 Å². The van der Waals surface area contributed by atoms with Gasteiger partial charge < -0.3 is 10.6 Å². The summed E-state index contributed by atoms with van der Waals surface area (Å²) < 4.78 is 3.72. The van der Waals surface area contributed by atoms with Crippen LogP contribution < -0.4 is 16.2 Å². The molecule has 4 heterocycles. The van der Waals surface area contributed by atoms with Crippen molar-refractivity contribution >= 4 is 46.4 Å². The van der Waals surface area contributed by atoms with E-state index in [9.17, 15) is 4.79 Å². The largest absolute Gasteiger partial charge is 0.324 e. The number of fused-ring (bicyclic) bond motifs is 2. The highest BCUT2D eigenvalue weighted by Crippen LogP contribution is 2.36. The van der Waals surface area contributed by atoms with Gasteiger partial charge in [0.1, 0.15) is 5.39 Å². The van der Waals surface area contributed by atoms with Crippen molar-refractivity contribution in [2.45, 2.75) is 58.0 Å². The van der Waals surface area contributed by atoms with Crippen molar-refractivity contribution in [1.29, 1.82) is 0 Å². The second kappa shape index (κ2) is 8.48. The molecule has 34 heavy (non-hydrogen) atoms. The van der Waals surface area contributed by atoms with Gasteiger partial charge in [-0.15, -0.1) is 23.7 Å². The van der Waals surface area contributed by atoms with Gasteiger partial charge in [0, 0.05) is 29.2 Å². The van der Waals surface area contributed by atoms with Crippen LogP contribution in [0.4, 0.5) is 11.6 Å². The van der Waals surface area contributed by atoms with Crippen molar-refractivity contribution in [2.24, 2.45) is 0 Å². The Labute approximate surface area is 207 Å². The maximum absolute atomic E-state index is 13.3. The lowest BCUT2D eigenvalue weighted by atomic mass is 9.93. The Morgan fingerprint density at radius 3 is 2.74 bits per heavy atom. The molecule has 0 radical (unpaired) electrons. The van der Waals surface area contributed by atoms with Crippen molar-refractivity contribution in [1.82, 2.24) is 29.6 Å². The minimum atomic E-state index is -0.0634. The number of nitrogens with one attached hydrogen (secondary N) is 2. The van der Waals surface area contributed by atoms with Gasteiger partial charge in [-0.1, -0.05) is 26.8 Å². The van der Waals surface area contributed by atoms with Crippen molar-refractivity contribution in [3.63, 3.8) is 0 Å². The predicted octanol–water partition coefficient (Wildman–Crippen LogP) is 4.48. The summed E-state index contributed by atoms with van der Waals surface area (Å²) in [5.41, 5.74) is 5.12. The highest BCUT2D eigenvalue weighted by molar-refractivity contribution is 7.12. The summed E-state index contributed by atoms with van der Waals surface area (Å²) in [5.74, 6) is 0.477. The lowest BCUT2D eigenvalue weighted by Crippen LogP contribution is -2.23. The Kier molecular flexibility index (Phi) is 5.74. The van der Waals surface area contributed by atoms with Crippen LogP contribution in [0.3, 0.4) is 0 Å². The number of anilines is 2. The van der Waals surface area contributed by atoms with Crippen molar-refractivity contribution in [3.05, 3.63) is 57.0 Å². The Morgan fingerprint density at radius 1 is 1.18 bits per heavy atom. The van der Waals surface area contributed by atoms with Gasteiger partial charge >= 0.3 is 0 Å².